The van der Waals surface area contributed by atoms with Gasteiger partial charge >= 0.3 is 0 Å². The zero-order chi connectivity index (χ0) is 14.4. The predicted molar refractivity (Wildman–Crippen MR) is 84.7 cm³/mol. The van der Waals surface area contributed by atoms with E-state index >= 15 is 0 Å². The SMILES string of the molecule is CCC(C)N(C)CCNc1nc(NC)c(Cl)cc1Cl. The molecule has 0 aliphatic carbocycles. The number of halogens is 2. The van der Waals surface area contributed by atoms with Gasteiger partial charge in [0.1, 0.15) is 11.6 Å². The number of hydrogen-bond acceptors (Lipinski definition) is 4. The highest BCUT2D eigenvalue weighted by atomic mass is 35.5. The number of hydrogen-bond donors (Lipinski definition) is 2. The van der Waals surface area contributed by atoms with Gasteiger partial charge in [-0.3, -0.25) is 0 Å². The predicted octanol–water partition coefficient (Wildman–Crippen LogP) is 3.57. The monoisotopic (exact) mass is 304 g/mol. The zero-order valence-electron chi connectivity index (χ0n) is 11.9. The van der Waals surface area contributed by atoms with Gasteiger partial charge in [-0.25, -0.2) is 4.98 Å². The maximum Gasteiger partial charge on any atom is 0.147 e. The second-order valence-corrected chi connectivity index (χ2v) is 5.38. The molecule has 108 valence electrons. The maximum absolute atomic E-state index is 6.11. The van der Waals surface area contributed by atoms with E-state index in [0.29, 0.717) is 27.7 Å². The molecule has 1 heterocycles. The molecule has 4 nitrogen and oxygen atoms in total. The molecule has 0 amide bonds. The molecule has 2 N–H and O–H groups in total. The molecule has 0 saturated carbocycles. The molecular weight excluding hydrogens is 283 g/mol. The van der Waals surface area contributed by atoms with Crippen molar-refractivity contribution >= 4 is 34.8 Å². The minimum absolute atomic E-state index is 0.523. The summed E-state index contributed by atoms with van der Waals surface area (Å²) in [6.45, 7) is 6.13. The van der Waals surface area contributed by atoms with Crippen LogP contribution in [0.3, 0.4) is 0 Å². The minimum Gasteiger partial charge on any atom is -0.372 e. The third-order valence-electron chi connectivity index (χ3n) is 3.27. The van der Waals surface area contributed by atoms with Gasteiger partial charge in [0.2, 0.25) is 0 Å². The Morgan fingerprint density at radius 3 is 2.53 bits per heavy atom. The molecular formula is C13H22Cl2N4. The first-order valence-corrected chi connectivity index (χ1v) is 7.23. The van der Waals surface area contributed by atoms with Crippen molar-refractivity contribution < 1.29 is 0 Å². The van der Waals surface area contributed by atoms with Gasteiger partial charge in [-0.15, -0.1) is 0 Å². The van der Waals surface area contributed by atoms with Crippen LogP contribution in [-0.4, -0.2) is 43.1 Å². The number of pyridine rings is 1. The van der Waals surface area contributed by atoms with Crippen molar-refractivity contribution in [3.05, 3.63) is 16.1 Å². The summed E-state index contributed by atoms with van der Waals surface area (Å²) in [5.41, 5.74) is 0. The first-order valence-electron chi connectivity index (χ1n) is 6.47. The van der Waals surface area contributed by atoms with E-state index in [-0.39, 0.29) is 0 Å². The van der Waals surface area contributed by atoms with Crippen molar-refractivity contribution in [2.24, 2.45) is 0 Å². The molecule has 1 aromatic heterocycles. The van der Waals surface area contributed by atoms with Crippen LogP contribution < -0.4 is 10.6 Å². The summed E-state index contributed by atoms with van der Waals surface area (Å²) in [7, 11) is 3.90. The fourth-order valence-electron chi connectivity index (χ4n) is 1.65. The first-order chi connectivity index (χ1) is 8.99. The van der Waals surface area contributed by atoms with E-state index in [1.54, 1.807) is 13.1 Å². The quantitative estimate of drug-likeness (QED) is 0.808. The zero-order valence-corrected chi connectivity index (χ0v) is 13.4. The molecule has 0 aliphatic rings. The fourth-order valence-corrected chi connectivity index (χ4v) is 2.17. The number of likely N-dealkylation sites (N-methyl/N-ethyl adjacent to an activating group) is 1. The van der Waals surface area contributed by atoms with Gasteiger partial charge in [-0.05, 0) is 26.5 Å². The van der Waals surface area contributed by atoms with Crippen LogP contribution in [-0.2, 0) is 0 Å². The van der Waals surface area contributed by atoms with Gasteiger partial charge in [-0.2, -0.15) is 0 Å². The lowest BCUT2D eigenvalue weighted by Gasteiger charge is -2.23. The molecule has 0 aromatic carbocycles. The van der Waals surface area contributed by atoms with Crippen molar-refractivity contribution in [2.45, 2.75) is 26.3 Å². The molecule has 1 unspecified atom stereocenters. The maximum atomic E-state index is 6.11. The first kappa shape index (κ1) is 16.3. The molecule has 0 spiro atoms. The van der Waals surface area contributed by atoms with Gasteiger partial charge in [0.15, 0.2) is 0 Å². The summed E-state index contributed by atoms with van der Waals surface area (Å²) in [6.07, 6.45) is 1.14. The van der Waals surface area contributed by atoms with Crippen LogP contribution >= 0.6 is 23.2 Å². The van der Waals surface area contributed by atoms with Gasteiger partial charge in [0, 0.05) is 26.2 Å². The van der Waals surface area contributed by atoms with Crippen LogP contribution in [0, 0.1) is 0 Å². The lowest BCUT2D eigenvalue weighted by atomic mass is 10.2. The Morgan fingerprint density at radius 1 is 1.32 bits per heavy atom. The lowest BCUT2D eigenvalue weighted by Crippen LogP contribution is -2.32. The van der Waals surface area contributed by atoms with Crippen molar-refractivity contribution in [3.8, 4) is 0 Å². The van der Waals surface area contributed by atoms with Crippen LogP contribution in [0.4, 0.5) is 11.6 Å². The number of aromatic nitrogens is 1. The summed E-state index contributed by atoms with van der Waals surface area (Å²) < 4.78 is 0. The average molecular weight is 305 g/mol. The molecule has 6 heteroatoms. The molecule has 1 rings (SSSR count). The van der Waals surface area contributed by atoms with Gasteiger partial charge in [-0.1, -0.05) is 30.1 Å². The van der Waals surface area contributed by atoms with E-state index in [1.807, 2.05) is 0 Å². The molecule has 0 aliphatic heterocycles. The highest BCUT2D eigenvalue weighted by Crippen LogP contribution is 2.28. The van der Waals surface area contributed by atoms with Crippen LogP contribution in [0.2, 0.25) is 10.0 Å². The molecule has 1 aromatic rings. The van der Waals surface area contributed by atoms with Crippen LogP contribution in [0.25, 0.3) is 0 Å². The molecule has 1 atom stereocenters. The molecule has 0 bridgehead atoms. The minimum atomic E-state index is 0.523. The summed E-state index contributed by atoms with van der Waals surface area (Å²) in [5, 5.41) is 7.24. The van der Waals surface area contributed by atoms with Gasteiger partial charge < -0.3 is 15.5 Å². The Hall–Kier alpha value is -0.710. The van der Waals surface area contributed by atoms with E-state index in [9.17, 15) is 0 Å². The smallest absolute Gasteiger partial charge is 0.147 e. The van der Waals surface area contributed by atoms with Crippen LogP contribution in [0.1, 0.15) is 20.3 Å². The van der Waals surface area contributed by atoms with Crippen LogP contribution in [0.15, 0.2) is 6.07 Å². The normalized spacial score (nSPS) is 12.6. The second-order valence-electron chi connectivity index (χ2n) is 4.56. The highest BCUT2D eigenvalue weighted by Gasteiger charge is 2.09. The summed E-state index contributed by atoms with van der Waals surface area (Å²) in [6, 6.07) is 2.27. The molecule has 0 saturated heterocycles. The van der Waals surface area contributed by atoms with E-state index < -0.39 is 0 Å². The van der Waals surface area contributed by atoms with Crippen molar-refractivity contribution in [3.63, 3.8) is 0 Å². The summed E-state index contributed by atoms with van der Waals surface area (Å²) >= 11 is 12.1. The fraction of sp³-hybridized carbons (Fsp3) is 0.615. The molecule has 19 heavy (non-hydrogen) atoms. The number of rotatable bonds is 7. The Balaban J connectivity index is 2.58. The Kier molecular flexibility index (Phi) is 6.69. The third kappa shape index (κ3) is 4.71. The standard InChI is InChI=1S/C13H22Cl2N4/c1-5-9(2)19(4)7-6-17-13-11(15)8-10(14)12(16-3)18-13/h8-9H,5-7H2,1-4H3,(H2,16,17,18). The van der Waals surface area contributed by atoms with Crippen molar-refractivity contribution in [1.29, 1.82) is 0 Å². The van der Waals surface area contributed by atoms with Crippen molar-refractivity contribution in [1.82, 2.24) is 9.88 Å². The molecule has 0 radical (unpaired) electrons. The van der Waals surface area contributed by atoms with Gasteiger partial charge in [0.05, 0.1) is 10.0 Å². The second kappa shape index (κ2) is 7.78. The van der Waals surface area contributed by atoms with Crippen LogP contribution in [0.5, 0.6) is 0 Å². The largest absolute Gasteiger partial charge is 0.372 e. The van der Waals surface area contributed by atoms with Gasteiger partial charge in [0.25, 0.3) is 0 Å². The average Bonchev–Trinajstić information content (AvgIpc) is 2.40. The number of nitrogens with one attached hydrogen (secondary N) is 2. The lowest BCUT2D eigenvalue weighted by molar-refractivity contribution is 0.261. The summed E-state index contributed by atoms with van der Waals surface area (Å²) in [4.78, 5) is 6.65. The van der Waals surface area contributed by atoms with E-state index in [4.69, 9.17) is 23.2 Å². The summed E-state index contributed by atoms with van der Waals surface area (Å²) in [5.74, 6) is 1.29. The third-order valence-corrected chi connectivity index (χ3v) is 3.84. The Morgan fingerprint density at radius 2 is 1.95 bits per heavy atom. The number of anilines is 2. The van der Waals surface area contributed by atoms with E-state index in [2.05, 4.69) is 41.4 Å². The number of nitrogens with zero attached hydrogens (tertiary/aromatic N) is 2. The topological polar surface area (TPSA) is 40.2 Å². The van der Waals surface area contributed by atoms with Crippen molar-refractivity contribution in [2.75, 3.05) is 37.8 Å². The van der Waals surface area contributed by atoms with E-state index in [1.165, 1.54) is 0 Å². The highest BCUT2D eigenvalue weighted by molar-refractivity contribution is 6.37. The Bertz CT molecular complexity index is 412. The Labute approximate surface area is 125 Å². The molecule has 0 fully saturated rings. The van der Waals surface area contributed by atoms with E-state index in [0.717, 1.165) is 19.5 Å².